The molecule has 4 unspecified atom stereocenters. The standard InChI is InChI=1S/C36H56O13/c1-27(20-24-47-34(41)17-14-31(38)13-12-30(4)44-5)10-15-32(39)45-22-8-6-7-9-23-46-33(40)16-11-28(2)21-25-48-35(42)18-19-36(43)49-26-29(3)37/h6-7,14,17-19,27-30,37H,8-13,15-16,20-26H2,1-5H3/b7-6-,17-14+,19-18+. The Bertz CT molecular complexity index is 1080. The van der Waals surface area contributed by atoms with Gasteiger partial charge in [-0.1, -0.05) is 26.0 Å². The number of esters is 5. The second kappa shape index (κ2) is 29.1. The fraction of sp³-hybridized carbons (Fsp3) is 0.667. The van der Waals surface area contributed by atoms with Crippen LogP contribution in [0.25, 0.3) is 0 Å². The van der Waals surface area contributed by atoms with Gasteiger partial charge in [-0.15, -0.1) is 0 Å². The molecule has 0 aromatic carbocycles. The van der Waals surface area contributed by atoms with Gasteiger partial charge in [-0.3, -0.25) is 14.4 Å². The van der Waals surface area contributed by atoms with Crippen LogP contribution in [0.1, 0.15) is 91.9 Å². The van der Waals surface area contributed by atoms with Gasteiger partial charge in [-0.25, -0.2) is 14.4 Å². The Morgan fingerprint density at radius 1 is 0.551 bits per heavy atom. The minimum absolute atomic E-state index is 0.0222. The molecule has 0 aromatic rings. The van der Waals surface area contributed by atoms with Crippen LogP contribution in [0.3, 0.4) is 0 Å². The summed E-state index contributed by atoms with van der Waals surface area (Å²) >= 11 is 0. The van der Waals surface area contributed by atoms with Gasteiger partial charge in [0.05, 0.1) is 38.6 Å². The number of hydrogen-bond acceptors (Lipinski definition) is 13. The fourth-order valence-electron chi connectivity index (χ4n) is 3.79. The molecule has 0 aliphatic carbocycles. The van der Waals surface area contributed by atoms with Crippen LogP contribution in [0.4, 0.5) is 0 Å². The van der Waals surface area contributed by atoms with Crippen molar-refractivity contribution < 1.29 is 62.3 Å². The largest absolute Gasteiger partial charge is 0.465 e. The molecule has 0 bridgehead atoms. The van der Waals surface area contributed by atoms with Gasteiger partial charge in [-0.2, -0.15) is 0 Å². The van der Waals surface area contributed by atoms with Crippen LogP contribution in [0.2, 0.25) is 0 Å². The quantitative estimate of drug-likeness (QED) is 0.0397. The van der Waals surface area contributed by atoms with E-state index in [0.29, 0.717) is 51.4 Å². The lowest BCUT2D eigenvalue weighted by Gasteiger charge is -2.11. The number of ether oxygens (including phenoxy) is 6. The topological polar surface area (TPSA) is 178 Å². The van der Waals surface area contributed by atoms with Crippen molar-refractivity contribution >= 4 is 35.6 Å². The molecular weight excluding hydrogens is 640 g/mol. The first-order valence-electron chi connectivity index (χ1n) is 16.9. The summed E-state index contributed by atoms with van der Waals surface area (Å²) in [6.07, 6.45) is 11.9. The molecule has 278 valence electrons. The van der Waals surface area contributed by atoms with E-state index in [9.17, 15) is 28.8 Å². The molecule has 0 heterocycles. The predicted octanol–water partition coefficient (Wildman–Crippen LogP) is 4.53. The van der Waals surface area contributed by atoms with E-state index in [0.717, 1.165) is 18.2 Å². The van der Waals surface area contributed by atoms with Gasteiger partial charge in [0.25, 0.3) is 0 Å². The average Bonchev–Trinajstić information content (AvgIpc) is 3.06. The van der Waals surface area contributed by atoms with Crippen LogP contribution in [0, 0.1) is 11.8 Å². The number of allylic oxidation sites excluding steroid dienone is 1. The van der Waals surface area contributed by atoms with Crippen LogP contribution in [-0.4, -0.2) is 93.1 Å². The lowest BCUT2D eigenvalue weighted by molar-refractivity contribution is -0.145. The summed E-state index contributed by atoms with van der Waals surface area (Å²) in [5.41, 5.74) is 0. The van der Waals surface area contributed by atoms with Crippen molar-refractivity contribution in [1.82, 2.24) is 0 Å². The van der Waals surface area contributed by atoms with E-state index in [1.807, 2.05) is 32.9 Å². The maximum absolute atomic E-state index is 12.0. The number of rotatable bonds is 28. The summed E-state index contributed by atoms with van der Waals surface area (Å²) in [7, 11) is 1.58. The lowest BCUT2D eigenvalue weighted by Crippen LogP contribution is -2.14. The molecule has 0 aliphatic heterocycles. The van der Waals surface area contributed by atoms with Crippen molar-refractivity contribution in [2.75, 3.05) is 40.1 Å². The van der Waals surface area contributed by atoms with Crippen molar-refractivity contribution in [2.45, 2.75) is 104 Å². The number of aliphatic hydroxyl groups is 1. The van der Waals surface area contributed by atoms with Crippen molar-refractivity contribution in [2.24, 2.45) is 11.8 Å². The molecule has 0 aromatic heterocycles. The van der Waals surface area contributed by atoms with Crippen LogP contribution in [0.15, 0.2) is 36.5 Å². The van der Waals surface area contributed by atoms with E-state index in [1.54, 1.807) is 7.11 Å². The summed E-state index contributed by atoms with van der Waals surface area (Å²) in [5, 5.41) is 9.06. The molecule has 0 fully saturated rings. The van der Waals surface area contributed by atoms with E-state index in [-0.39, 0.29) is 81.5 Å². The second-order valence-electron chi connectivity index (χ2n) is 11.9. The van der Waals surface area contributed by atoms with Crippen LogP contribution >= 0.6 is 0 Å². The van der Waals surface area contributed by atoms with Crippen molar-refractivity contribution in [3.05, 3.63) is 36.5 Å². The smallest absolute Gasteiger partial charge is 0.331 e. The summed E-state index contributed by atoms with van der Waals surface area (Å²) in [6.45, 7) is 7.88. The molecule has 0 spiro atoms. The molecule has 13 heteroatoms. The van der Waals surface area contributed by atoms with Gasteiger partial charge in [0.1, 0.15) is 6.61 Å². The maximum Gasteiger partial charge on any atom is 0.331 e. The van der Waals surface area contributed by atoms with Crippen LogP contribution < -0.4 is 0 Å². The number of carbonyl (C=O) groups is 6. The first kappa shape index (κ1) is 45.2. The van der Waals surface area contributed by atoms with Crippen molar-refractivity contribution in [3.8, 4) is 0 Å². The summed E-state index contributed by atoms with van der Waals surface area (Å²) in [5.74, 6) is -2.52. The molecule has 49 heavy (non-hydrogen) atoms. The number of methoxy groups -OCH3 is 1. The third-order valence-corrected chi connectivity index (χ3v) is 7.08. The molecule has 0 radical (unpaired) electrons. The van der Waals surface area contributed by atoms with E-state index in [4.69, 9.17) is 33.5 Å². The highest BCUT2D eigenvalue weighted by Crippen LogP contribution is 2.13. The fourth-order valence-corrected chi connectivity index (χ4v) is 3.79. The number of ketones is 1. The second-order valence-corrected chi connectivity index (χ2v) is 11.9. The highest BCUT2D eigenvalue weighted by Gasteiger charge is 2.11. The van der Waals surface area contributed by atoms with Gasteiger partial charge >= 0.3 is 29.8 Å². The molecule has 13 nitrogen and oxygen atoms in total. The van der Waals surface area contributed by atoms with Gasteiger partial charge in [0.15, 0.2) is 5.78 Å². The van der Waals surface area contributed by atoms with Gasteiger partial charge in [0, 0.05) is 44.6 Å². The number of carbonyl (C=O) groups excluding carboxylic acids is 6. The van der Waals surface area contributed by atoms with E-state index < -0.39 is 24.0 Å². The lowest BCUT2D eigenvalue weighted by atomic mass is 10.0. The highest BCUT2D eigenvalue weighted by molar-refractivity contribution is 5.95. The third-order valence-electron chi connectivity index (χ3n) is 7.08. The molecule has 0 saturated heterocycles. The van der Waals surface area contributed by atoms with Gasteiger partial charge in [0.2, 0.25) is 0 Å². The Kier molecular flexibility index (Phi) is 26.8. The monoisotopic (exact) mass is 696 g/mol. The molecular formula is C36H56O13. The Hall–Kier alpha value is -3.84. The maximum atomic E-state index is 12.0. The zero-order valence-corrected chi connectivity index (χ0v) is 29.7. The Morgan fingerprint density at radius 3 is 1.45 bits per heavy atom. The summed E-state index contributed by atoms with van der Waals surface area (Å²) in [4.78, 5) is 70.5. The van der Waals surface area contributed by atoms with Crippen molar-refractivity contribution in [1.29, 1.82) is 0 Å². The van der Waals surface area contributed by atoms with Gasteiger partial charge in [-0.05, 0) is 76.7 Å². The van der Waals surface area contributed by atoms with Crippen molar-refractivity contribution in [3.63, 3.8) is 0 Å². The number of aliphatic hydroxyl groups excluding tert-OH is 1. The summed E-state index contributed by atoms with van der Waals surface area (Å²) < 4.78 is 30.4. The Labute approximate surface area is 290 Å². The normalized spacial score (nSPS) is 13.9. The molecule has 0 aliphatic rings. The third kappa shape index (κ3) is 30.0. The average molecular weight is 697 g/mol. The molecule has 4 atom stereocenters. The van der Waals surface area contributed by atoms with Gasteiger partial charge < -0.3 is 33.5 Å². The minimum Gasteiger partial charge on any atom is -0.465 e. The van der Waals surface area contributed by atoms with E-state index >= 15 is 0 Å². The SMILES string of the molecule is COC(C)CCC(=O)/C=C/C(=O)OCCC(C)CCC(=O)OCC/C=C\CCOC(=O)CCC(C)CCOC(=O)/C=C/C(=O)OCC(C)O. The van der Waals surface area contributed by atoms with E-state index in [1.165, 1.54) is 13.0 Å². The Morgan fingerprint density at radius 2 is 1.00 bits per heavy atom. The first-order valence-corrected chi connectivity index (χ1v) is 16.9. The molecule has 1 N–H and O–H groups in total. The number of hydrogen-bond donors (Lipinski definition) is 1. The van der Waals surface area contributed by atoms with E-state index in [2.05, 4.69) is 0 Å². The molecule has 0 amide bonds. The zero-order valence-electron chi connectivity index (χ0n) is 29.7. The first-order chi connectivity index (χ1) is 23.3. The van der Waals surface area contributed by atoms with Crippen LogP contribution in [-0.2, 0) is 57.2 Å². The zero-order chi connectivity index (χ0) is 36.9. The highest BCUT2D eigenvalue weighted by atomic mass is 16.6. The summed E-state index contributed by atoms with van der Waals surface area (Å²) in [6, 6.07) is 0. The molecule has 0 rings (SSSR count). The Balaban J connectivity index is 3.83. The molecule has 0 saturated carbocycles. The predicted molar refractivity (Wildman–Crippen MR) is 180 cm³/mol. The van der Waals surface area contributed by atoms with Crippen LogP contribution in [0.5, 0.6) is 0 Å². The minimum atomic E-state index is -0.792.